The highest BCUT2D eigenvalue weighted by Crippen LogP contribution is 2.23. The molecule has 1 aliphatic rings. The lowest BCUT2D eigenvalue weighted by Gasteiger charge is -2.14. The summed E-state index contributed by atoms with van der Waals surface area (Å²) >= 11 is 0. The third kappa shape index (κ3) is 1.69. The molecule has 0 bridgehead atoms. The van der Waals surface area contributed by atoms with Crippen LogP contribution in [-0.2, 0) is 0 Å². The number of hydrogen-bond donors (Lipinski definition) is 0. The van der Waals surface area contributed by atoms with Gasteiger partial charge in [-0.15, -0.1) is 0 Å². The molecule has 0 fully saturated rings. The molecule has 1 unspecified atom stereocenters. The highest BCUT2D eigenvalue weighted by molar-refractivity contribution is 5.70. The Bertz CT molecular complexity index is 350. The van der Waals surface area contributed by atoms with E-state index in [1.165, 1.54) is 11.1 Å². The first-order chi connectivity index (χ1) is 6.38. The van der Waals surface area contributed by atoms with Crippen molar-refractivity contribution in [3.63, 3.8) is 0 Å². The average molecular weight is 171 g/mol. The van der Waals surface area contributed by atoms with E-state index in [1.807, 2.05) is 12.4 Å². The highest BCUT2D eigenvalue weighted by Gasteiger charge is 2.10. The van der Waals surface area contributed by atoms with Gasteiger partial charge >= 0.3 is 0 Å². The maximum absolute atomic E-state index is 4.17. The molecule has 0 amide bonds. The predicted octanol–water partition coefficient (Wildman–Crippen LogP) is 3.07. The van der Waals surface area contributed by atoms with Gasteiger partial charge in [0, 0.05) is 18.3 Å². The second-order valence-corrected chi connectivity index (χ2v) is 3.38. The van der Waals surface area contributed by atoms with Crippen molar-refractivity contribution < 1.29 is 0 Å². The van der Waals surface area contributed by atoms with Crippen LogP contribution >= 0.6 is 0 Å². The quantitative estimate of drug-likeness (QED) is 0.615. The number of rotatable bonds is 1. The molecular formula is C12H13N. The average Bonchev–Trinajstić information content (AvgIpc) is 2.20. The Morgan fingerprint density at radius 2 is 2.15 bits per heavy atom. The van der Waals surface area contributed by atoms with Crippen LogP contribution in [0.4, 0.5) is 0 Å². The van der Waals surface area contributed by atoms with E-state index >= 15 is 0 Å². The van der Waals surface area contributed by atoms with Gasteiger partial charge in [0.2, 0.25) is 0 Å². The molecule has 0 aromatic heterocycles. The minimum Gasteiger partial charge on any atom is -0.269 e. The van der Waals surface area contributed by atoms with Crippen LogP contribution < -0.4 is 0 Å². The summed E-state index contributed by atoms with van der Waals surface area (Å²) in [4.78, 5) is 4.17. The van der Waals surface area contributed by atoms with Gasteiger partial charge in [-0.05, 0) is 24.5 Å². The molecule has 0 radical (unpaired) electrons. The Balaban J connectivity index is 2.30. The Morgan fingerprint density at radius 1 is 1.31 bits per heavy atom. The monoisotopic (exact) mass is 171 g/mol. The molecule has 1 heteroatoms. The minimum atomic E-state index is 0.478. The molecular weight excluding hydrogens is 158 g/mol. The summed E-state index contributed by atoms with van der Waals surface area (Å²) in [5.41, 5.74) is 2.75. The first kappa shape index (κ1) is 8.24. The summed E-state index contributed by atoms with van der Waals surface area (Å²) in [6, 6.07) is 8.51. The summed E-state index contributed by atoms with van der Waals surface area (Å²) in [5.74, 6) is 0.478. The molecule has 0 saturated carbocycles. The van der Waals surface area contributed by atoms with E-state index in [0.717, 1.165) is 6.42 Å². The molecule has 66 valence electrons. The van der Waals surface area contributed by atoms with Crippen LogP contribution in [0.2, 0.25) is 0 Å². The van der Waals surface area contributed by atoms with Crippen molar-refractivity contribution in [1.29, 1.82) is 0 Å². The van der Waals surface area contributed by atoms with E-state index in [-0.39, 0.29) is 0 Å². The van der Waals surface area contributed by atoms with Gasteiger partial charge in [-0.2, -0.15) is 0 Å². The van der Waals surface area contributed by atoms with E-state index in [1.54, 1.807) is 0 Å². The summed E-state index contributed by atoms with van der Waals surface area (Å²) in [7, 11) is 0. The summed E-state index contributed by atoms with van der Waals surface area (Å²) in [5, 5.41) is 0. The van der Waals surface area contributed by atoms with Gasteiger partial charge in [-0.3, -0.25) is 4.99 Å². The molecule has 0 spiro atoms. The molecule has 1 aromatic rings. The lowest BCUT2D eigenvalue weighted by atomic mass is 9.92. The fraction of sp³-hybridized carbons (Fsp3) is 0.250. The van der Waals surface area contributed by atoms with Crippen LogP contribution in [0.1, 0.15) is 23.5 Å². The van der Waals surface area contributed by atoms with Crippen LogP contribution in [-0.4, -0.2) is 6.21 Å². The molecule has 0 saturated heterocycles. The Hall–Kier alpha value is -1.37. The van der Waals surface area contributed by atoms with Gasteiger partial charge in [0.1, 0.15) is 0 Å². The van der Waals surface area contributed by atoms with Crippen molar-refractivity contribution in [3.05, 3.63) is 47.7 Å². The van der Waals surface area contributed by atoms with Crippen LogP contribution in [0.3, 0.4) is 0 Å². The SMILES string of the molecule is Cc1ccccc1C1C=NC=CC1. The number of nitrogens with zero attached hydrogens (tertiary/aromatic N) is 1. The number of hydrogen-bond acceptors (Lipinski definition) is 1. The lowest BCUT2D eigenvalue weighted by molar-refractivity contribution is 0.899. The van der Waals surface area contributed by atoms with E-state index in [9.17, 15) is 0 Å². The second kappa shape index (κ2) is 3.56. The first-order valence-electron chi connectivity index (χ1n) is 4.62. The molecule has 2 rings (SSSR count). The largest absolute Gasteiger partial charge is 0.269 e. The summed E-state index contributed by atoms with van der Waals surface area (Å²) < 4.78 is 0. The molecule has 1 heterocycles. The zero-order valence-electron chi connectivity index (χ0n) is 7.77. The standard InChI is InChI=1S/C12H13N/c1-10-5-2-3-7-12(10)11-6-4-8-13-9-11/h2-5,7-9,11H,6H2,1H3. The van der Waals surface area contributed by atoms with Gasteiger partial charge in [-0.1, -0.05) is 30.3 Å². The minimum absolute atomic E-state index is 0.478. The lowest BCUT2D eigenvalue weighted by Crippen LogP contribution is -2.03. The Morgan fingerprint density at radius 3 is 2.85 bits per heavy atom. The Kier molecular flexibility index (Phi) is 2.26. The smallest absolute Gasteiger partial charge is 0.0231 e. The van der Waals surface area contributed by atoms with Gasteiger partial charge in [0.05, 0.1) is 0 Å². The van der Waals surface area contributed by atoms with Crippen LogP contribution in [0.15, 0.2) is 41.5 Å². The molecule has 1 atom stereocenters. The van der Waals surface area contributed by atoms with Gasteiger partial charge in [-0.25, -0.2) is 0 Å². The van der Waals surface area contributed by atoms with E-state index in [4.69, 9.17) is 0 Å². The van der Waals surface area contributed by atoms with Gasteiger partial charge in [0.15, 0.2) is 0 Å². The topological polar surface area (TPSA) is 12.4 Å². The van der Waals surface area contributed by atoms with Crippen LogP contribution in [0, 0.1) is 6.92 Å². The van der Waals surface area contributed by atoms with Crippen molar-refractivity contribution in [2.75, 3.05) is 0 Å². The third-order valence-electron chi connectivity index (χ3n) is 2.44. The zero-order chi connectivity index (χ0) is 9.10. The van der Waals surface area contributed by atoms with Crippen molar-refractivity contribution in [3.8, 4) is 0 Å². The predicted molar refractivity (Wildman–Crippen MR) is 56.2 cm³/mol. The maximum Gasteiger partial charge on any atom is 0.0231 e. The molecule has 0 N–H and O–H groups in total. The summed E-state index contributed by atoms with van der Waals surface area (Å²) in [6.45, 7) is 2.15. The summed E-state index contributed by atoms with van der Waals surface area (Å²) in [6.07, 6.45) is 7.10. The van der Waals surface area contributed by atoms with Crippen molar-refractivity contribution in [1.82, 2.24) is 0 Å². The van der Waals surface area contributed by atoms with E-state index < -0.39 is 0 Å². The normalized spacial score (nSPS) is 20.5. The molecule has 1 nitrogen and oxygen atoms in total. The maximum atomic E-state index is 4.17. The van der Waals surface area contributed by atoms with Crippen molar-refractivity contribution in [2.24, 2.45) is 4.99 Å². The highest BCUT2D eigenvalue weighted by atomic mass is 14.7. The fourth-order valence-electron chi connectivity index (χ4n) is 1.69. The number of allylic oxidation sites excluding steroid dienone is 1. The molecule has 13 heavy (non-hydrogen) atoms. The van der Waals surface area contributed by atoms with Crippen LogP contribution in [0.25, 0.3) is 0 Å². The van der Waals surface area contributed by atoms with Crippen LogP contribution in [0.5, 0.6) is 0 Å². The van der Waals surface area contributed by atoms with Gasteiger partial charge < -0.3 is 0 Å². The number of benzene rings is 1. The van der Waals surface area contributed by atoms with E-state index in [2.05, 4.69) is 42.3 Å². The molecule has 1 aliphatic heterocycles. The second-order valence-electron chi connectivity index (χ2n) is 3.38. The number of aliphatic imine (C=N–C) groups is 1. The molecule has 1 aromatic carbocycles. The molecule has 0 aliphatic carbocycles. The van der Waals surface area contributed by atoms with Gasteiger partial charge in [0.25, 0.3) is 0 Å². The van der Waals surface area contributed by atoms with E-state index in [0.29, 0.717) is 5.92 Å². The zero-order valence-corrected chi connectivity index (χ0v) is 7.77. The first-order valence-corrected chi connectivity index (χ1v) is 4.62. The number of aryl methyl sites for hydroxylation is 1. The Labute approximate surface area is 78.8 Å². The fourth-order valence-corrected chi connectivity index (χ4v) is 1.69. The van der Waals surface area contributed by atoms with Crippen molar-refractivity contribution in [2.45, 2.75) is 19.3 Å². The van der Waals surface area contributed by atoms with Crippen molar-refractivity contribution >= 4 is 6.21 Å². The third-order valence-corrected chi connectivity index (χ3v) is 2.44.